The average molecular weight is 490 g/mol. The van der Waals surface area contributed by atoms with Crippen molar-refractivity contribution in [2.24, 2.45) is 0 Å². The van der Waals surface area contributed by atoms with Crippen LogP contribution in [0.25, 0.3) is 22.4 Å². The lowest BCUT2D eigenvalue weighted by Crippen LogP contribution is -2.53. The van der Waals surface area contributed by atoms with E-state index >= 15 is 0 Å². The van der Waals surface area contributed by atoms with Crippen molar-refractivity contribution in [2.75, 3.05) is 18.8 Å². The first-order valence-corrected chi connectivity index (χ1v) is 11.0. The van der Waals surface area contributed by atoms with Gasteiger partial charge in [-0.05, 0) is 31.5 Å². The molecule has 3 heterocycles. The second-order valence-corrected chi connectivity index (χ2v) is 9.28. The first kappa shape index (κ1) is 24.6. The zero-order valence-electron chi connectivity index (χ0n) is 19.2. The number of benzene rings is 1. The summed E-state index contributed by atoms with van der Waals surface area (Å²) in [7, 11) is 0. The smallest absolute Gasteiger partial charge is 0.274 e. The van der Waals surface area contributed by atoms with E-state index in [1.165, 1.54) is 18.3 Å². The fraction of sp³-hybridized carbons (Fsp3) is 0.391. The lowest BCUT2D eigenvalue weighted by Gasteiger charge is -2.30. The predicted octanol–water partition coefficient (Wildman–Crippen LogP) is 2.23. The molecule has 0 radical (unpaired) electrons. The summed E-state index contributed by atoms with van der Waals surface area (Å²) >= 11 is 0. The molecule has 0 unspecified atom stereocenters. The normalized spacial score (nSPS) is 17.8. The summed E-state index contributed by atoms with van der Waals surface area (Å²) < 4.78 is 43.6. The molecule has 1 fully saturated rings. The van der Waals surface area contributed by atoms with Crippen LogP contribution in [0.5, 0.6) is 0 Å². The van der Waals surface area contributed by atoms with Gasteiger partial charge in [0.05, 0.1) is 36.8 Å². The summed E-state index contributed by atoms with van der Waals surface area (Å²) in [5.41, 5.74) is 6.02. The maximum Gasteiger partial charge on any atom is 0.274 e. The molecule has 9 nitrogen and oxygen atoms in total. The van der Waals surface area contributed by atoms with Gasteiger partial charge in [-0.2, -0.15) is 5.10 Å². The lowest BCUT2D eigenvalue weighted by atomic mass is 10.0. The van der Waals surface area contributed by atoms with E-state index < -0.39 is 42.3 Å². The third-order valence-corrected chi connectivity index (χ3v) is 5.43. The molecular weight excluding hydrogens is 463 g/mol. The minimum Gasteiger partial charge on any atom is -0.389 e. The number of carbonyl (C=O) groups is 1. The second kappa shape index (κ2) is 9.27. The number of amides is 1. The number of nitrogens with two attached hydrogens (primary N) is 1. The molecule has 186 valence electrons. The van der Waals surface area contributed by atoms with Gasteiger partial charge in [-0.1, -0.05) is 6.07 Å². The first-order chi connectivity index (χ1) is 16.4. The molecule has 1 saturated heterocycles. The minimum absolute atomic E-state index is 0.0553. The van der Waals surface area contributed by atoms with Gasteiger partial charge in [-0.15, -0.1) is 0 Å². The number of alkyl halides is 2. The Hall–Kier alpha value is -3.51. The van der Waals surface area contributed by atoms with Crippen molar-refractivity contribution in [3.05, 3.63) is 48.3 Å². The van der Waals surface area contributed by atoms with Crippen molar-refractivity contribution < 1.29 is 23.1 Å². The molecule has 0 bridgehead atoms. The average Bonchev–Trinajstić information content (AvgIpc) is 3.20. The molecule has 1 atom stereocenters. The van der Waals surface area contributed by atoms with Crippen LogP contribution in [-0.2, 0) is 6.54 Å². The Morgan fingerprint density at radius 3 is 2.83 bits per heavy atom. The monoisotopic (exact) mass is 489 g/mol. The number of rotatable bonds is 6. The van der Waals surface area contributed by atoms with Crippen LogP contribution in [0.15, 0.2) is 36.8 Å². The van der Waals surface area contributed by atoms with Crippen molar-refractivity contribution in [3.63, 3.8) is 0 Å². The number of anilines is 1. The number of hydrogen-bond acceptors (Lipinski definition) is 7. The minimum atomic E-state index is -2.94. The molecule has 0 saturated carbocycles. The standard InChI is InChI=1S/C23H26F3N7O2/c1-22(2,35)12-33-10-14(7-30-33)13-3-4-17(24)16(5-13)18-9-29-20(27)19(32-18)21(34)31-15-6-23(25,26)11-28-8-15/h3-5,7,9-10,15,28,35H,6,8,11-12H2,1-2H3,(H2,27,29)(H,31,34)/t15-/m0/s1. The highest BCUT2D eigenvalue weighted by Gasteiger charge is 2.37. The lowest BCUT2D eigenvalue weighted by molar-refractivity contribution is -0.0301. The van der Waals surface area contributed by atoms with E-state index in [0.29, 0.717) is 11.1 Å². The van der Waals surface area contributed by atoms with Gasteiger partial charge in [0.15, 0.2) is 11.5 Å². The molecule has 1 aromatic carbocycles. The summed E-state index contributed by atoms with van der Waals surface area (Å²) in [6, 6.07) is 3.54. The topological polar surface area (TPSA) is 131 Å². The Balaban J connectivity index is 1.60. The zero-order chi connectivity index (χ0) is 25.4. The van der Waals surface area contributed by atoms with Gasteiger partial charge in [0.2, 0.25) is 0 Å². The number of carbonyl (C=O) groups excluding carboxylic acids is 1. The molecule has 5 N–H and O–H groups in total. The molecular formula is C23H26F3N7O2. The van der Waals surface area contributed by atoms with E-state index in [9.17, 15) is 23.1 Å². The maximum atomic E-state index is 14.7. The highest BCUT2D eigenvalue weighted by molar-refractivity contribution is 5.97. The number of nitrogens with one attached hydrogen (secondary N) is 2. The van der Waals surface area contributed by atoms with Crippen LogP contribution >= 0.6 is 0 Å². The third kappa shape index (κ3) is 5.95. The summed E-state index contributed by atoms with van der Waals surface area (Å²) in [5, 5.41) is 19.3. The summed E-state index contributed by atoms with van der Waals surface area (Å²) in [4.78, 5) is 20.9. The van der Waals surface area contributed by atoms with E-state index in [4.69, 9.17) is 5.73 Å². The molecule has 1 aliphatic rings. The van der Waals surface area contributed by atoms with E-state index in [2.05, 4.69) is 25.7 Å². The highest BCUT2D eigenvalue weighted by atomic mass is 19.3. The Morgan fingerprint density at radius 2 is 2.11 bits per heavy atom. The molecule has 2 aromatic heterocycles. The fourth-order valence-electron chi connectivity index (χ4n) is 3.88. The molecule has 3 aromatic rings. The van der Waals surface area contributed by atoms with Crippen molar-refractivity contribution in [3.8, 4) is 22.4 Å². The van der Waals surface area contributed by atoms with E-state index in [1.54, 1.807) is 37.0 Å². The van der Waals surface area contributed by atoms with Gasteiger partial charge in [0.1, 0.15) is 5.82 Å². The van der Waals surface area contributed by atoms with Crippen LogP contribution in [0, 0.1) is 5.82 Å². The van der Waals surface area contributed by atoms with Crippen LogP contribution in [0.2, 0.25) is 0 Å². The number of nitrogen functional groups attached to an aromatic ring is 1. The van der Waals surface area contributed by atoms with Crippen LogP contribution in [-0.4, -0.2) is 61.4 Å². The molecule has 0 spiro atoms. The summed E-state index contributed by atoms with van der Waals surface area (Å²) in [6.07, 6.45) is 4.03. The maximum absolute atomic E-state index is 14.7. The van der Waals surface area contributed by atoms with Gasteiger partial charge in [0.25, 0.3) is 11.8 Å². The Kier molecular flexibility index (Phi) is 6.52. The SMILES string of the molecule is CC(C)(O)Cn1cc(-c2ccc(F)c(-c3cnc(N)c(C(=O)N[C@@H]4CNCC(F)(F)C4)n3)c2)cn1. The molecule has 1 aliphatic heterocycles. The van der Waals surface area contributed by atoms with Gasteiger partial charge in [-0.3, -0.25) is 9.48 Å². The third-order valence-electron chi connectivity index (χ3n) is 5.43. The Bertz CT molecular complexity index is 1240. The summed E-state index contributed by atoms with van der Waals surface area (Å²) in [6.45, 7) is 3.31. The number of aromatic nitrogens is 4. The number of halogens is 3. The van der Waals surface area contributed by atoms with Crippen LogP contribution < -0.4 is 16.4 Å². The van der Waals surface area contributed by atoms with E-state index in [0.717, 1.165) is 0 Å². The van der Waals surface area contributed by atoms with Crippen LogP contribution in [0.4, 0.5) is 19.0 Å². The summed E-state index contributed by atoms with van der Waals surface area (Å²) in [5.74, 6) is -4.52. The highest BCUT2D eigenvalue weighted by Crippen LogP contribution is 2.29. The van der Waals surface area contributed by atoms with Crippen molar-refractivity contribution in [2.45, 2.75) is 44.4 Å². The van der Waals surface area contributed by atoms with Gasteiger partial charge in [0, 0.05) is 36.3 Å². The van der Waals surface area contributed by atoms with E-state index in [-0.39, 0.29) is 35.9 Å². The first-order valence-electron chi connectivity index (χ1n) is 11.0. The zero-order valence-corrected chi connectivity index (χ0v) is 19.2. The fourth-order valence-corrected chi connectivity index (χ4v) is 3.88. The Labute approximate surface area is 199 Å². The van der Waals surface area contributed by atoms with Crippen LogP contribution in [0.1, 0.15) is 30.8 Å². The van der Waals surface area contributed by atoms with Gasteiger partial charge >= 0.3 is 0 Å². The molecule has 12 heteroatoms. The predicted molar refractivity (Wildman–Crippen MR) is 123 cm³/mol. The van der Waals surface area contributed by atoms with Crippen molar-refractivity contribution >= 4 is 11.7 Å². The molecule has 1 amide bonds. The number of hydrogen-bond donors (Lipinski definition) is 4. The van der Waals surface area contributed by atoms with Gasteiger partial charge < -0.3 is 21.5 Å². The van der Waals surface area contributed by atoms with Gasteiger partial charge in [-0.25, -0.2) is 23.1 Å². The quantitative estimate of drug-likeness (QED) is 0.418. The molecule has 0 aliphatic carbocycles. The number of piperidine rings is 1. The van der Waals surface area contributed by atoms with E-state index in [1.807, 2.05) is 0 Å². The Morgan fingerprint density at radius 1 is 1.34 bits per heavy atom. The largest absolute Gasteiger partial charge is 0.389 e. The number of nitrogens with zero attached hydrogens (tertiary/aromatic N) is 4. The molecule has 4 rings (SSSR count). The second-order valence-electron chi connectivity index (χ2n) is 9.28. The van der Waals surface area contributed by atoms with Crippen LogP contribution in [0.3, 0.4) is 0 Å². The number of aliphatic hydroxyl groups is 1. The molecule has 35 heavy (non-hydrogen) atoms. The van der Waals surface area contributed by atoms with Crippen molar-refractivity contribution in [1.29, 1.82) is 0 Å². The van der Waals surface area contributed by atoms with Crippen molar-refractivity contribution in [1.82, 2.24) is 30.4 Å².